The molecular formula is C11H18N2OSi. The Kier molecular flexibility index (Phi) is 2.78. The van der Waals surface area contributed by atoms with Crippen molar-refractivity contribution in [1.29, 1.82) is 0 Å². The van der Waals surface area contributed by atoms with Crippen LogP contribution in [0.15, 0.2) is 6.20 Å². The van der Waals surface area contributed by atoms with Crippen molar-refractivity contribution in [3.63, 3.8) is 0 Å². The zero-order valence-corrected chi connectivity index (χ0v) is 10.7. The minimum atomic E-state index is -1.57. The molecule has 0 amide bonds. The Hall–Kier alpha value is -0.903. The summed E-state index contributed by atoms with van der Waals surface area (Å²) >= 11 is 0. The monoisotopic (exact) mass is 222 g/mol. The molecule has 1 aliphatic carbocycles. The van der Waals surface area contributed by atoms with Crippen LogP contribution in [0.25, 0.3) is 0 Å². The maximum atomic E-state index is 5.78. The summed E-state index contributed by atoms with van der Waals surface area (Å²) in [5.74, 6) is 0. The molecule has 1 heterocycles. The number of hydrogen-bond donors (Lipinski definition) is 0. The summed E-state index contributed by atoms with van der Waals surface area (Å²) in [4.78, 5) is 8.78. The van der Waals surface area contributed by atoms with Crippen LogP contribution < -0.4 is 4.43 Å². The Bertz CT molecular complexity index is 360. The summed E-state index contributed by atoms with van der Waals surface area (Å²) in [6, 6.07) is 0.579. The highest BCUT2D eigenvalue weighted by Crippen LogP contribution is 2.21. The average Bonchev–Trinajstić information content (AvgIpc) is 2.15. The van der Waals surface area contributed by atoms with Gasteiger partial charge in [-0.15, -0.1) is 0 Å². The van der Waals surface area contributed by atoms with E-state index < -0.39 is 8.32 Å². The first kappa shape index (κ1) is 10.6. The van der Waals surface area contributed by atoms with Gasteiger partial charge in [0.25, 0.3) is 0 Å². The standard InChI is InChI=1S/C11H18N2OSi/c1-15(2,3)14-11-12-8-9-6-4-5-7-10(9)13-11/h8H,4-7H2,1-3H3. The highest BCUT2D eigenvalue weighted by Gasteiger charge is 2.19. The lowest BCUT2D eigenvalue weighted by molar-refractivity contribution is 0.499. The minimum Gasteiger partial charge on any atom is -0.518 e. The molecule has 1 aromatic rings. The van der Waals surface area contributed by atoms with Crippen molar-refractivity contribution in [3.8, 4) is 6.01 Å². The molecule has 0 aliphatic heterocycles. The number of fused-ring (bicyclic) bond motifs is 1. The van der Waals surface area contributed by atoms with Crippen LogP contribution >= 0.6 is 0 Å². The van der Waals surface area contributed by atoms with E-state index in [1.54, 1.807) is 0 Å². The van der Waals surface area contributed by atoms with Crippen LogP contribution in [0.4, 0.5) is 0 Å². The van der Waals surface area contributed by atoms with E-state index in [0.717, 1.165) is 12.8 Å². The molecule has 0 radical (unpaired) electrons. The van der Waals surface area contributed by atoms with Crippen LogP contribution in [-0.4, -0.2) is 18.3 Å². The molecule has 3 nitrogen and oxygen atoms in total. The molecular weight excluding hydrogens is 204 g/mol. The smallest absolute Gasteiger partial charge is 0.302 e. The van der Waals surface area contributed by atoms with Crippen molar-refractivity contribution in [1.82, 2.24) is 9.97 Å². The summed E-state index contributed by atoms with van der Waals surface area (Å²) in [5, 5.41) is 0. The maximum Gasteiger partial charge on any atom is 0.302 e. The lowest BCUT2D eigenvalue weighted by atomic mass is 9.98. The van der Waals surface area contributed by atoms with E-state index in [-0.39, 0.29) is 0 Å². The van der Waals surface area contributed by atoms with Gasteiger partial charge in [0.2, 0.25) is 8.32 Å². The lowest BCUT2D eigenvalue weighted by Crippen LogP contribution is -2.30. The second-order valence-electron chi connectivity index (χ2n) is 5.05. The Balaban J connectivity index is 2.21. The molecule has 15 heavy (non-hydrogen) atoms. The fraction of sp³-hybridized carbons (Fsp3) is 0.636. The van der Waals surface area contributed by atoms with E-state index >= 15 is 0 Å². The zero-order valence-electron chi connectivity index (χ0n) is 9.71. The highest BCUT2D eigenvalue weighted by atomic mass is 28.4. The number of nitrogens with zero attached hydrogens (tertiary/aromatic N) is 2. The normalized spacial score (nSPS) is 15.9. The van der Waals surface area contributed by atoms with Gasteiger partial charge >= 0.3 is 6.01 Å². The third-order valence-corrected chi connectivity index (χ3v) is 3.23. The summed E-state index contributed by atoms with van der Waals surface area (Å²) < 4.78 is 5.78. The summed E-state index contributed by atoms with van der Waals surface area (Å²) in [6.45, 7) is 6.45. The number of hydrogen-bond acceptors (Lipinski definition) is 3. The molecule has 0 bridgehead atoms. The van der Waals surface area contributed by atoms with Crippen LogP contribution in [0, 0.1) is 0 Å². The van der Waals surface area contributed by atoms with Crippen molar-refractivity contribution >= 4 is 8.32 Å². The first-order valence-corrected chi connectivity index (χ1v) is 8.99. The second-order valence-corrected chi connectivity index (χ2v) is 9.47. The SMILES string of the molecule is C[Si](C)(C)Oc1ncc2c(n1)CCCC2. The van der Waals surface area contributed by atoms with E-state index in [0.29, 0.717) is 6.01 Å². The van der Waals surface area contributed by atoms with Crippen LogP contribution in [0.3, 0.4) is 0 Å². The van der Waals surface area contributed by atoms with Crippen LogP contribution in [0.2, 0.25) is 19.6 Å². The fourth-order valence-corrected chi connectivity index (χ4v) is 2.43. The van der Waals surface area contributed by atoms with Gasteiger partial charge in [0, 0.05) is 6.20 Å². The van der Waals surface area contributed by atoms with E-state index in [1.165, 1.54) is 24.1 Å². The van der Waals surface area contributed by atoms with Crippen LogP contribution in [-0.2, 0) is 12.8 Å². The van der Waals surface area contributed by atoms with Crippen molar-refractivity contribution in [3.05, 3.63) is 17.5 Å². The van der Waals surface area contributed by atoms with Crippen LogP contribution in [0.1, 0.15) is 24.1 Å². The Morgan fingerprint density at radius 2 is 1.93 bits per heavy atom. The van der Waals surface area contributed by atoms with Gasteiger partial charge in [-0.3, -0.25) is 0 Å². The third-order valence-electron chi connectivity index (χ3n) is 2.44. The first-order valence-electron chi connectivity index (χ1n) is 5.58. The van der Waals surface area contributed by atoms with Crippen LogP contribution in [0.5, 0.6) is 6.01 Å². The van der Waals surface area contributed by atoms with Gasteiger partial charge in [-0.1, -0.05) is 0 Å². The molecule has 0 saturated carbocycles. The summed E-state index contributed by atoms with van der Waals surface area (Å²) in [5.41, 5.74) is 2.51. The van der Waals surface area contributed by atoms with E-state index in [1.807, 2.05) is 6.20 Å². The van der Waals surface area contributed by atoms with E-state index in [9.17, 15) is 0 Å². The minimum absolute atomic E-state index is 0.579. The Morgan fingerprint density at radius 1 is 1.20 bits per heavy atom. The van der Waals surface area contributed by atoms with Gasteiger partial charge in [0.1, 0.15) is 0 Å². The van der Waals surface area contributed by atoms with Crippen molar-refractivity contribution in [2.24, 2.45) is 0 Å². The fourth-order valence-electron chi connectivity index (χ4n) is 1.78. The summed E-state index contributed by atoms with van der Waals surface area (Å²) in [6.07, 6.45) is 6.67. The van der Waals surface area contributed by atoms with Gasteiger partial charge in [0.05, 0.1) is 5.69 Å². The van der Waals surface area contributed by atoms with Crippen molar-refractivity contribution in [2.75, 3.05) is 0 Å². The zero-order chi connectivity index (χ0) is 10.9. The Labute approximate surface area is 92.0 Å². The average molecular weight is 222 g/mol. The molecule has 0 atom stereocenters. The first-order chi connectivity index (χ1) is 7.04. The highest BCUT2D eigenvalue weighted by molar-refractivity contribution is 6.70. The lowest BCUT2D eigenvalue weighted by Gasteiger charge is -2.19. The second kappa shape index (κ2) is 3.93. The summed E-state index contributed by atoms with van der Waals surface area (Å²) in [7, 11) is -1.57. The third kappa shape index (κ3) is 2.78. The van der Waals surface area contributed by atoms with E-state index in [4.69, 9.17) is 4.43 Å². The molecule has 0 N–H and O–H groups in total. The molecule has 0 aromatic carbocycles. The van der Waals surface area contributed by atoms with Gasteiger partial charge in [0.15, 0.2) is 0 Å². The van der Waals surface area contributed by atoms with Gasteiger partial charge in [-0.25, -0.2) is 9.97 Å². The quantitative estimate of drug-likeness (QED) is 0.721. The largest absolute Gasteiger partial charge is 0.518 e. The van der Waals surface area contributed by atoms with Crippen molar-refractivity contribution < 1.29 is 4.43 Å². The number of rotatable bonds is 2. The van der Waals surface area contributed by atoms with Gasteiger partial charge in [-0.05, 0) is 50.9 Å². The molecule has 0 saturated heterocycles. The number of aromatic nitrogens is 2. The molecule has 1 aromatic heterocycles. The van der Waals surface area contributed by atoms with Crippen molar-refractivity contribution in [2.45, 2.75) is 45.3 Å². The predicted octanol–water partition coefficient (Wildman–Crippen LogP) is 2.57. The van der Waals surface area contributed by atoms with Gasteiger partial charge in [-0.2, -0.15) is 0 Å². The Morgan fingerprint density at radius 3 is 2.67 bits per heavy atom. The number of aryl methyl sites for hydroxylation is 2. The molecule has 1 aliphatic rings. The maximum absolute atomic E-state index is 5.78. The molecule has 82 valence electrons. The predicted molar refractivity (Wildman–Crippen MR) is 62.6 cm³/mol. The molecule has 0 spiro atoms. The molecule has 4 heteroatoms. The topological polar surface area (TPSA) is 35.0 Å². The van der Waals surface area contributed by atoms with Gasteiger partial charge < -0.3 is 4.43 Å². The molecule has 0 fully saturated rings. The molecule has 2 rings (SSSR count). The molecule has 0 unspecified atom stereocenters. The van der Waals surface area contributed by atoms with E-state index in [2.05, 4.69) is 29.6 Å².